The van der Waals surface area contributed by atoms with E-state index in [1.807, 2.05) is 49.9 Å². The quantitative estimate of drug-likeness (QED) is 0.905. The summed E-state index contributed by atoms with van der Waals surface area (Å²) in [6.07, 6.45) is 3.70. The number of likely N-dealkylation sites (tertiary alicyclic amines) is 1. The van der Waals surface area contributed by atoms with Crippen molar-refractivity contribution < 1.29 is 14.3 Å². The zero-order valence-electron chi connectivity index (χ0n) is 15.2. The second kappa shape index (κ2) is 7.33. The summed E-state index contributed by atoms with van der Waals surface area (Å²) in [5, 5.41) is 0. The lowest BCUT2D eigenvalue weighted by atomic mass is 10.0. The molecule has 25 heavy (non-hydrogen) atoms. The molecule has 1 aliphatic heterocycles. The van der Waals surface area contributed by atoms with E-state index < -0.39 is 5.60 Å². The smallest absolute Gasteiger partial charge is 0.410 e. The van der Waals surface area contributed by atoms with Crippen LogP contribution in [0.25, 0.3) is 11.0 Å². The van der Waals surface area contributed by atoms with Crippen LogP contribution in [0.15, 0.2) is 24.3 Å². The van der Waals surface area contributed by atoms with E-state index in [0.29, 0.717) is 12.6 Å². The maximum absolute atomic E-state index is 12.4. The molecule has 1 unspecified atom stereocenters. The minimum Gasteiger partial charge on any atom is -0.465 e. The maximum Gasteiger partial charge on any atom is 0.410 e. The summed E-state index contributed by atoms with van der Waals surface area (Å²) in [5.41, 5.74) is 1.39. The Labute approximate surface area is 148 Å². The average Bonchev–Trinajstić information content (AvgIpc) is 2.96. The maximum atomic E-state index is 12.4. The van der Waals surface area contributed by atoms with Crippen LogP contribution in [0.2, 0.25) is 0 Å². The second-order valence-electron chi connectivity index (χ2n) is 7.52. The molecule has 1 amide bonds. The highest BCUT2D eigenvalue weighted by molar-refractivity contribution is 5.75. The number of imidazole rings is 1. The van der Waals surface area contributed by atoms with E-state index in [1.165, 1.54) is 0 Å². The van der Waals surface area contributed by atoms with Gasteiger partial charge in [0.2, 0.25) is 0 Å². The van der Waals surface area contributed by atoms with Crippen molar-refractivity contribution in [3.63, 3.8) is 0 Å². The molecule has 6 heteroatoms. The van der Waals surface area contributed by atoms with Crippen molar-refractivity contribution in [3.05, 3.63) is 24.3 Å². The SMILES string of the molecule is CC(C)(C)OC(=O)N1CCCCC1CCOc1nc2ccccc2[nH]1. The van der Waals surface area contributed by atoms with Crippen LogP contribution in [0.3, 0.4) is 0 Å². The molecule has 136 valence electrons. The number of hydrogen-bond donors (Lipinski definition) is 1. The number of fused-ring (bicyclic) bond motifs is 1. The number of aromatic amines is 1. The van der Waals surface area contributed by atoms with Crippen LogP contribution in [-0.4, -0.2) is 45.8 Å². The first kappa shape index (κ1) is 17.6. The highest BCUT2D eigenvalue weighted by atomic mass is 16.6. The van der Waals surface area contributed by atoms with Gasteiger partial charge in [-0.05, 0) is 52.2 Å². The molecule has 6 nitrogen and oxygen atoms in total. The Hall–Kier alpha value is -2.24. The molecule has 2 heterocycles. The van der Waals surface area contributed by atoms with Gasteiger partial charge < -0.3 is 19.4 Å². The van der Waals surface area contributed by atoms with E-state index in [-0.39, 0.29) is 12.1 Å². The Morgan fingerprint density at radius 2 is 2.12 bits per heavy atom. The molecule has 1 fully saturated rings. The third-order valence-electron chi connectivity index (χ3n) is 4.31. The lowest BCUT2D eigenvalue weighted by Gasteiger charge is -2.36. The first-order valence-electron chi connectivity index (χ1n) is 8.99. The molecule has 0 bridgehead atoms. The molecular formula is C19H27N3O3. The van der Waals surface area contributed by atoms with Crippen molar-refractivity contribution in [2.75, 3.05) is 13.2 Å². The number of nitrogens with zero attached hydrogens (tertiary/aromatic N) is 2. The number of rotatable bonds is 4. The number of amides is 1. The van der Waals surface area contributed by atoms with Gasteiger partial charge in [0.05, 0.1) is 17.6 Å². The van der Waals surface area contributed by atoms with Gasteiger partial charge in [0.25, 0.3) is 6.01 Å². The number of aromatic nitrogens is 2. The molecule has 1 atom stereocenters. The molecule has 0 aliphatic carbocycles. The van der Waals surface area contributed by atoms with Crippen LogP contribution >= 0.6 is 0 Å². The van der Waals surface area contributed by atoms with Crippen molar-refractivity contribution >= 4 is 17.1 Å². The van der Waals surface area contributed by atoms with Crippen molar-refractivity contribution in [2.24, 2.45) is 0 Å². The normalized spacial score (nSPS) is 18.4. The highest BCUT2D eigenvalue weighted by Crippen LogP contribution is 2.23. The van der Waals surface area contributed by atoms with Gasteiger partial charge in [-0.3, -0.25) is 0 Å². The van der Waals surface area contributed by atoms with Gasteiger partial charge in [0.1, 0.15) is 5.60 Å². The summed E-state index contributed by atoms with van der Waals surface area (Å²) < 4.78 is 11.3. The first-order valence-corrected chi connectivity index (χ1v) is 8.99. The predicted octanol–water partition coefficient (Wildman–Crippen LogP) is 4.12. The second-order valence-corrected chi connectivity index (χ2v) is 7.52. The van der Waals surface area contributed by atoms with Crippen LogP contribution in [-0.2, 0) is 4.74 Å². The van der Waals surface area contributed by atoms with Crippen LogP contribution in [0.5, 0.6) is 6.01 Å². The Kier molecular flexibility index (Phi) is 5.16. The number of ether oxygens (including phenoxy) is 2. The van der Waals surface area contributed by atoms with Gasteiger partial charge in [0.15, 0.2) is 0 Å². The number of carbonyl (C=O) groups excluding carboxylic acids is 1. The number of piperidine rings is 1. The van der Waals surface area contributed by atoms with E-state index in [4.69, 9.17) is 9.47 Å². The lowest BCUT2D eigenvalue weighted by Crippen LogP contribution is -2.46. The Balaban J connectivity index is 1.55. The summed E-state index contributed by atoms with van der Waals surface area (Å²) in [7, 11) is 0. The molecule has 1 saturated heterocycles. The number of H-pyrrole nitrogens is 1. The van der Waals surface area contributed by atoms with Crippen molar-refractivity contribution in [1.29, 1.82) is 0 Å². The third-order valence-corrected chi connectivity index (χ3v) is 4.31. The summed E-state index contributed by atoms with van der Waals surface area (Å²) in [4.78, 5) is 21.9. The van der Waals surface area contributed by atoms with Gasteiger partial charge in [-0.25, -0.2) is 4.79 Å². The molecule has 3 rings (SSSR count). The molecule has 1 aromatic heterocycles. The van der Waals surface area contributed by atoms with Gasteiger partial charge >= 0.3 is 6.09 Å². The number of carbonyl (C=O) groups is 1. The minimum atomic E-state index is -0.468. The molecule has 1 aliphatic rings. The highest BCUT2D eigenvalue weighted by Gasteiger charge is 2.30. The summed E-state index contributed by atoms with van der Waals surface area (Å²) in [5.74, 6) is 0. The van der Waals surface area contributed by atoms with Gasteiger partial charge in [-0.2, -0.15) is 4.98 Å². The van der Waals surface area contributed by atoms with Gasteiger partial charge in [-0.1, -0.05) is 12.1 Å². The Morgan fingerprint density at radius 1 is 1.32 bits per heavy atom. The number of nitrogens with one attached hydrogen (secondary N) is 1. The summed E-state index contributed by atoms with van der Waals surface area (Å²) in [6.45, 7) is 6.96. The minimum absolute atomic E-state index is 0.160. The number of hydrogen-bond acceptors (Lipinski definition) is 4. The van der Waals surface area contributed by atoms with Crippen LogP contribution < -0.4 is 4.74 Å². The van der Waals surface area contributed by atoms with Crippen molar-refractivity contribution in [1.82, 2.24) is 14.9 Å². The molecule has 0 saturated carbocycles. The number of benzene rings is 1. The first-order chi connectivity index (χ1) is 11.9. The van der Waals surface area contributed by atoms with Gasteiger partial charge in [0, 0.05) is 19.0 Å². The van der Waals surface area contributed by atoms with Gasteiger partial charge in [-0.15, -0.1) is 0 Å². The Morgan fingerprint density at radius 3 is 2.88 bits per heavy atom. The predicted molar refractivity (Wildman–Crippen MR) is 96.8 cm³/mol. The fourth-order valence-corrected chi connectivity index (χ4v) is 3.15. The van der Waals surface area contributed by atoms with E-state index in [2.05, 4.69) is 9.97 Å². The molecule has 2 aromatic rings. The standard InChI is InChI=1S/C19H27N3O3/c1-19(2,3)25-18(23)22-12-7-6-8-14(22)11-13-24-17-20-15-9-4-5-10-16(15)21-17/h4-5,9-10,14H,6-8,11-13H2,1-3H3,(H,20,21). The molecule has 0 radical (unpaired) electrons. The Bertz CT molecular complexity index is 687. The van der Waals surface area contributed by atoms with Crippen LogP contribution in [0, 0.1) is 0 Å². The topological polar surface area (TPSA) is 67.4 Å². The fraction of sp³-hybridized carbons (Fsp3) is 0.579. The molecular weight excluding hydrogens is 318 g/mol. The van der Waals surface area contributed by atoms with Crippen LogP contribution in [0.4, 0.5) is 4.79 Å². The van der Waals surface area contributed by atoms with Crippen molar-refractivity contribution in [2.45, 2.75) is 58.1 Å². The zero-order chi connectivity index (χ0) is 17.9. The molecule has 1 aromatic carbocycles. The molecule has 0 spiro atoms. The monoisotopic (exact) mass is 345 g/mol. The number of para-hydroxylation sites is 2. The summed E-state index contributed by atoms with van der Waals surface area (Å²) >= 11 is 0. The summed E-state index contributed by atoms with van der Waals surface area (Å²) in [6, 6.07) is 8.53. The lowest BCUT2D eigenvalue weighted by molar-refractivity contribution is 0.00734. The van der Waals surface area contributed by atoms with E-state index in [9.17, 15) is 4.79 Å². The van der Waals surface area contributed by atoms with Crippen LogP contribution in [0.1, 0.15) is 46.5 Å². The average molecular weight is 345 g/mol. The van der Waals surface area contributed by atoms with Crippen molar-refractivity contribution in [3.8, 4) is 6.01 Å². The zero-order valence-corrected chi connectivity index (χ0v) is 15.2. The third kappa shape index (κ3) is 4.65. The largest absolute Gasteiger partial charge is 0.465 e. The van der Waals surface area contributed by atoms with E-state index >= 15 is 0 Å². The van der Waals surface area contributed by atoms with E-state index in [0.717, 1.165) is 43.3 Å². The fourth-order valence-electron chi connectivity index (χ4n) is 3.15. The van der Waals surface area contributed by atoms with E-state index in [1.54, 1.807) is 0 Å². The molecule has 1 N–H and O–H groups in total.